The van der Waals surface area contributed by atoms with Crippen LogP contribution in [0, 0.1) is 18.6 Å². The van der Waals surface area contributed by atoms with Gasteiger partial charge in [-0.25, -0.2) is 18.7 Å². The number of hydrogen-bond donors (Lipinski definition) is 0. The Kier molecular flexibility index (Phi) is 4.80. The topological polar surface area (TPSA) is 41.9 Å². The van der Waals surface area contributed by atoms with Crippen molar-refractivity contribution in [2.45, 2.75) is 13.3 Å². The predicted octanol–water partition coefficient (Wildman–Crippen LogP) is 6.64. The van der Waals surface area contributed by atoms with Gasteiger partial charge in [0, 0.05) is 41.1 Å². The summed E-state index contributed by atoms with van der Waals surface area (Å²) in [5, 5.41) is 0.781. The molecule has 1 aliphatic rings. The third-order valence-corrected chi connectivity index (χ3v) is 6.25. The molecule has 0 atom stereocenters. The van der Waals surface area contributed by atoms with Gasteiger partial charge >= 0.3 is 0 Å². The highest BCUT2D eigenvalue weighted by atomic mass is 19.2. The molecule has 2 aromatic heterocycles. The molecule has 0 aliphatic carbocycles. The molecule has 34 heavy (non-hydrogen) atoms. The van der Waals surface area contributed by atoms with Crippen molar-refractivity contribution in [2.75, 3.05) is 11.4 Å². The lowest BCUT2D eigenvalue weighted by Crippen LogP contribution is -2.16. The summed E-state index contributed by atoms with van der Waals surface area (Å²) in [5.74, 6) is -0.420. The number of nitrogens with zero attached hydrogens (tertiary/aromatic N) is 4. The van der Waals surface area contributed by atoms with Gasteiger partial charge in [-0.15, -0.1) is 0 Å². The summed E-state index contributed by atoms with van der Waals surface area (Å²) in [6.45, 7) is 2.84. The van der Waals surface area contributed by atoms with E-state index in [1.807, 2.05) is 24.3 Å². The molecule has 0 saturated carbocycles. The molecule has 6 rings (SSSR count). The zero-order chi connectivity index (χ0) is 23.2. The SMILES string of the molecule is Cc1ccc2c(c1)N(c1nc(-c3cccnc3)nc3ccc(-c4cccc(F)c4F)cc13)CC2. The maximum Gasteiger partial charge on any atom is 0.166 e. The molecule has 6 heteroatoms. The minimum atomic E-state index is -0.870. The molecular formula is C28H20F2N4. The average Bonchev–Trinajstić information content (AvgIpc) is 3.28. The minimum Gasteiger partial charge on any atom is -0.325 e. The van der Waals surface area contributed by atoms with Crippen molar-refractivity contribution in [2.24, 2.45) is 0 Å². The van der Waals surface area contributed by atoms with Crippen molar-refractivity contribution in [3.63, 3.8) is 0 Å². The second-order valence-corrected chi connectivity index (χ2v) is 8.48. The third-order valence-electron chi connectivity index (χ3n) is 6.25. The Bertz CT molecular complexity index is 1550. The van der Waals surface area contributed by atoms with E-state index < -0.39 is 11.6 Å². The number of pyridine rings is 1. The lowest BCUT2D eigenvalue weighted by Gasteiger charge is -2.22. The van der Waals surface area contributed by atoms with Gasteiger partial charge in [0.25, 0.3) is 0 Å². The number of fused-ring (bicyclic) bond motifs is 2. The molecule has 0 unspecified atom stereocenters. The first-order valence-corrected chi connectivity index (χ1v) is 11.1. The Labute approximate surface area is 195 Å². The van der Waals surface area contributed by atoms with E-state index in [9.17, 15) is 8.78 Å². The molecular weight excluding hydrogens is 430 g/mol. The van der Waals surface area contributed by atoms with E-state index in [1.54, 1.807) is 24.5 Å². The van der Waals surface area contributed by atoms with Crippen molar-refractivity contribution in [1.29, 1.82) is 0 Å². The first-order chi connectivity index (χ1) is 16.6. The Hall–Kier alpha value is -4.19. The first kappa shape index (κ1) is 20.4. The van der Waals surface area contributed by atoms with Crippen molar-refractivity contribution < 1.29 is 8.78 Å². The number of aromatic nitrogens is 3. The van der Waals surface area contributed by atoms with Gasteiger partial charge < -0.3 is 4.90 Å². The number of halogens is 2. The average molecular weight is 450 g/mol. The molecule has 3 aromatic carbocycles. The molecule has 0 N–H and O–H groups in total. The molecule has 0 amide bonds. The number of rotatable bonds is 3. The number of benzene rings is 3. The van der Waals surface area contributed by atoms with Gasteiger partial charge in [0.2, 0.25) is 0 Å². The Morgan fingerprint density at radius 3 is 2.65 bits per heavy atom. The third kappa shape index (κ3) is 3.39. The van der Waals surface area contributed by atoms with Gasteiger partial charge in [0.1, 0.15) is 5.82 Å². The molecule has 0 bridgehead atoms. The molecule has 0 radical (unpaired) electrons. The van der Waals surface area contributed by atoms with Crippen LogP contribution in [0.4, 0.5) is 20.3 Å². The van der Waals surface area contributed by atoms with Gasteiger partial charge in [-0.3, -0.25) is 4.98 Å². The maximum atomic E-state index is 14.6. The van der Waals surface area contributed by atoms with Gasteiger partial charge in [0.15, 0.2) is 17.5 Å². The quantitative estimate of drug-likeness (QED) is 0.309. The summed E-state index contributed by atoms with van der Waals surface area (Å²) in [7, 11) is 0. The van der Waals surface area contributed by atoms with E-state index >= 15 is 0 Å². The molecule has 0 saturated heterocycles. The molecule has 1 aliphatic heterocycles. The number of aryl methyl sites for hydroxylation is 1. The number of hydrogen-bond acceptors (Lipinski definition) is 4. The monoisotopic (exact) mass is 450 g/mol. The predicted molar refractivity (Wildman–Crippen MR) is 130 cm³/mol. The standard InChI is InChI=1S/C28H20F2N4/c1-17-7-8-18-11-13-34(25(18)14-17)28-22-15-19(21-5-2-6-23(29)26(21)30)9-10-24(22)32-27(33-28)20-4-3-12-31-16-20/h2-10,12,14-16H,11,13H2,1H3. The van der Waals surface area contributed by atoms with Gasteiger partial charge in [0.05, 0.1) is 5.52 Å². The first-order valence-electron chi connectivity index (χ1n) is 11.1. The summed E-state index contributed by atoms with van der Waals surface area (Å²) < 4.78 is 28.5. The zero-order valence-corrected chi connectivity index (χ0v) is 18.5. The second kappa shape index (κ2) is 7.99. The van der Waals surface area contributed by atoms with E-state index in [1.165, 1.54) is 17.2 Å². The van der Waals surface area contributed by atoms with E-state index in [-0.39, 0.29) is 5.56 Å². The zero-order valence-electron chi connectivity index (χ0n) is 18.5. The van der Waals surface area contributed by atoms with Crippen molar-refractivity contribution in [3.8, 4) is 22.5 Å². The highest BCUT2D eigenvalue weighted by Crippen LogP contribution is 2.39. The van der Waals surface area contributed by atoms with E-state index in [0.29, 0.717) is 11.4 Å². The van der Waals surface area contributed by atoms with Crippen LogP contribution in [0.1, 0.15) is 11.1 Å². The summed E-state index contributed by atoms with van der Waals surface area (Å²) in [6, 6.07) is 19.9. The van der Waals surface area contributed by atoms with Crippen LogP contribution < -0.4 is 4.90 Å². The Balaban J connectivity index is 1.60. The van der Waals surface area contributed by atoms with Gasteiger partial charge in [-0.1, -0.05) is 30.3 Å². The highest BCUT2D eigenvalue weighted by Gasteiger charge is 2.25. The van der Waals surface area contributed by atoms with Crippen molar-refractivity contribution in [3.05, 3.63) is 102 Å². The summed E-state index contributed by atoms with van der Waals surface area (Å²) in [4.78, 5) is 16.2. The molecule has 3 heterocycles. The van der Waals surface area contributed by atoms with Crippen LogP contribution in [0.5, 0.6) is 0 Å². The molecule has 5 aromatic rings. The molecule has 166 valence electrons. The van der Waals surface area contributed by atoms with Gasteiger partial charge in [-0.2, -0.15) is 0 Å². The normalized spacial score (nSPS) is 12.9. The Morgan fingerprint density at radius 2 is 1.79 bits per heavy atom. The van der Waals surface area contributed by atoms with Crippen LogP contribution in [-0.4, -0.2) is 21.5 Å². The van der Waals surface area contributed by atoms with Crippen molar-refractivity contribution in [1.82, 2.24) is 15.0 Å². The summed E-state index contributed by atoms with van der Waals surface area (Å²) >= 11 is 0. The summed E-state index contributed by atoms with van der Waals surface area (Å²) in [5.41, 5.74) is 5.86. The van der Waals surface area contributed by atoms with Crippen LogP contribution in [0.2, 0.25) is 0 Å². The smallest absolute Gasteiger partial charge is 0.166 e. The van der Waals surface area contributed by atoms with Crippen molar-refractivity contribution >= 4 is 22.4 Å². The number of anilines is 2. The van der Waals surface area contributed by atoms with Crippen LogP contribution in [0.25, 0.3) is 33.4 Å². The minimum absolute atomic E-state index is 0.210. The second-order valence-electron chi connectivity index (χ2n) is 8.48. The highest BCUT2D eigenvalue weighted by molar-refractivity contribution is 5.96. The summed E-state index contributed by atoms with van der Waals surface area (Å²) in [6.07, 6.45) is 4.36. The lowest BCUT2D eigenvalue weighted by molar-refractivity contribution is 0.511. The van der Waals surface area contributed by atoms with Crippen LogP contribution in [-0.2, 0) is 6.42 Å². The van der Waals surface area contributed by atoms with E-state index in [0.717, 1.165) is 47.0 Å². The van der Waals surface area contributed by atoms with Gasteiger partial charge in [-0.05, 0) is 66.4 Å². The Morgan fingerprint density at radius 1 is 0.882 bits per heavy atom. The molecule has 4 nitrogen and oxygen atoms in total. The van der Waals surface area contributed by atoms with Crippen LogP contribution >= 0.6 is 0 Å². The fourth-order valence-corrected chi connectivity index (χ4v) is 4.55. The fourth-order valence-electron chi connectivity index (χ4n) is 4.55. The van der Waals surface area contributed by atoms with Crippen LogP contribution in [0.3, 0.4) is 0 Å². The van der Waals surface area contributed by atoms with E-state index in [4.69, 9.17) is 9.97 Å². The molecule has 0 fully saturated rings. The largest absolute Gasteiger partial charge is 0.325 e. The maximum absolute atomic E-state index is 14.6. The fraction of sp³-hybridized carbons (Fsp3) is 0.107. The molecule has 0 spiro atoms. The lowest BCUT2D eigenvalue weighted by atomic mass is 10.0. The van der Waals surface area contributed by atoms with E-state index in [2.05, 4.69) is 35.0 Å². The van der Waals surface area contributed by atoms with Crippen LogP contribution in [0.15, 0.2) is 79.1 Å².